The van der Waals surface area contributed by atoms with E-state index in [0.717, 1.165) is 30.1 Å². The predicted molar refractivity (Wildman–Crippen MR) is 113 cm³/mol. The van der Waals surface area contributed by atoms with Crippen molar-refractivity contribution >= 4 is 23.5 Å². The molecule has 0 aromatic heterocycles. The molecule has 0 bridgehead atoms. The Labute approximate surface area is 171 Å². The van der Waals surface area contributed by atoms with E-state index in [9.17, 15) is 9.90 Å². The number of rotatable bonds is 6. The average molecular weight is 400 g/mol. The molecule has 1 aliphatic rings. The van der Waals surface area contributed by atoms with Gasteiger partial charge >= 0.3 is 0 Å². The van der Waals surface area contributed by atoms with Crippen molar-refractivity contribution in [2.45, 2.75) is 26.3 Å². The van der Waals surface area contributed by atoms with Gasteiger partial charge in [0.15, 0.2) is 5.78 Å². The Morgan fingerprint density at radius 3 is 2.57 bits per heavy atom. The maximum absolute atomic E-state index is 12.7. The van der Waals surface area contributed by atoms with Crippen LogP contribution in [-0.4, -0.2) is 36.0 Å². The molecule has 0 amide bonds. The van der Waals surface area contributed by atoms with Crippen molar-refractivity contribution < 1.29 is 14.6 Å². The van der Waals surface area contributed by atoms with Crippen LogP contribution in [0.4, 0.5) is 0 Å². The van der Waals surface area contributed by atoms with Gasteiger partial charge in [-0.1, -0.05) is 36.7 Å². The van der Waals surface area contributed by atoms with Gasteiger partial charge < -0.3 is 9.84 Å². The number of phenolic OH excluding ortho intramolecular Hbond substituents is 1. The molecule has 1 heterocycles. The SMILES string of the molecule is COc1cc(O)c(C(=O)/C=C/c2ccc(Cl)cc2)cc1CN1CCC(C)CC1. The Hall–Kier alpha value is -2.30. The second-order valence-electron chi connectivity index (χ2n) is 7.39. The van der Waals surface area contributed by atoms with Gasteiger partial charge in [0.05, 0.1) is 12.7 Å². The molecule has 2 aromatic rings. The molecule has 2 aromatic carbocycles. The van der Waals surface area contributed by atoms with E-state index >= 15 is 0 Å². The fourth-order valence-electron chi connectivity index (χ4n) is 3.42. The summed E-state index contributed by atoms with van der Waals surface area (Å²) in [7, 11) is 1.58. The summed E-state index contributed by atoms with van der Waals surface area (Å²) in [6.07, 6.45) is 5.54. The van der Waals surface area contributed by atoms with Crippen molar-refractivity contribution in [2.24, 2.45) is 5.92 Å². The van der Waals surface area contributed by atoms with E-state index in [2.05, 4.69) is 11.8 Å². The van der Waals surface area contributed by atoms with Gasteiger partial charge in [-0.2, -0.15) is 0 Å². The van der Waals surface area contributed by atoms with Crippen LogP contribution < -0.4 is 4.74 Å². The van der Waals surface area contributed by atoms with Crippen LogP contribution in [0.25, 0.3) is 6.08 Å². The fraction of sp³-hybridized carbons (Fsp3) is 0.348. The maximum Gasteiger partial charge on any atom is 0.189 e. The summed E-state index contributed by atoms with van der Waals surface area (Å²) in [4.78, 5) is 15.0. The number of hydrogen-bond acceptors (Lipinski definition) is 4. The number of carbonyl (C=O) groups excluding carboxylic acids is 1. The molecular formula is C23H26ClNO3. The lowest BCUT2D eigenvalue weighted by molar-refractivity contribution is 0.104. The molecule has 0 atom stereocenters. The first kappa shape index (κ1) is 20.4. The van der Waals surface area contributed by atoms with E-state index in [1.165, 1.54) is 25.0 Å². The number of likely N-dealkylation sites (tertiary alicyclic amines) is 1. The molecule has 28 heavy (non-hydrogen) atoms. The first-order valence-electron chi connectivity index (χ1n) is 9.56. The number of allylic oxidation sites excluding steroid dienone is 1. The number of methoxy groups -OCH3 is 1. The number of phenols is 1. The quantitative estimate of drug-likeness (QED) is 0.537. The minimum atomic E-state index is -0.247. The Morgan fingerprint density at radius 2 is 1.93 bits per heavy atom. The number of carbonyl (C=O) groups is 1. The van der Waals surface area contributed by atoms with Crippen LogP contribution in [0, 0.1) is 5.92 Å². The second-order valence-corrected chi connectivity index (χ2v) is 7.83. The molecule has 4 nitrogen and oxygen atoms in total. The highest BCUT2D eigenvalue weighted by molar-refractivity contribution is 6.30. The van der Waals surface area contributed by atoms with Crippen LogP contribution in [0.3, 0.4) is 0 Å². The van der Waals surface area contributed by atoms with E-state index in [1.807, 2.05) is 12.1 Å². The summed E-state index contributed by atoms with van der Waals surface area (Å²) in [5.41, 5.74) is 2.07. The molecule has 3 rings (SSSR count). The van der Waals surface area contributed by atoms with E-state index in [0.29, 0.717) is 17.3 Å². The number of nitrogens with zero attached hydrogens (tertiary/aromatic N) is 1. The standard InChI is InChI=1S/C23H26ClNO3/c1-16-9-11-25(12-10-16)15-18-13-20(22(27)14-23(18)28-2)21(26)8-5-17-3-6-19(24)7-4-17/h3-8,13-14,16,27H,9-12,15H2,1-2H3/b8-5+. The number of ether oxygens (including phenoxy) is 1. The van der Waals surface area contributed by atoms with Gasteiger partial charge in [0.2, 0.25) is 0 Å². The van der Waals surface area contributed by atoms with Crippen LogP contribution in [-0.2, 0) is 6.54 Å². The van der Waals surface area contributed by atoms with Crippen molar-refractivity contribution in [3.8, 4) is 11.5 Å². The molecule has 1 aliphatic heterocycles. The molecule has 0 radical (unpaired) electrons. The summed E-state index contributed by atoms with van der Waals surface area (Å²) in [6, 6.07) is 10.5. The first-order chi connectivity index (χ1) is 13.5. The van der Waals surface area contributed by atoms with E-state index < -0.39 is 0 Å². The van der Waals surface area contributed by atoms with Crippen molar-refractivity contribution in [3.05, 3.63) is 64.2 Å². The largest absolute Gasteiger partial charge is 0.507 e. The zero-order chi connectivity index (χ0) is 20.1. The zero-order valence-corrected chi connectivity index (χ0v) is 17.1. The molecule has 0 aliphatic carbocycles. The lowest BCUT2D eigenvalue weighted by Gasteiger charge is -2.30. The number of piperidine rings is 1. The Bertz CT molecular complexity index is 853. The molecule has 148 valence electrons. The maximum atomic E-state index is 12.7. The first-order valence-corrected chi connectivity index (χ1v) is 9.94. The zero-order valence-electron chi connectivity index (χ0n) is 16.3. The average Bonchev–Trinajstić information content (AvgIpc) is 2.70. The van der Waals surface area contributed by atoms with Crippen molar-refractivity contribution in [1.29, 1.82) is 0 Å². The van der Waals surface area contributed by atoms with Gasteiger partial charge in [-0.3, -0.25) is 9.69 Å². The molecule has 1 fully saturated rings. The molecule has 1 N–H and O–H groups in total. The predicted octanol–water partition coefficient (Wildman–Crippen LogP) is 5.18. The van der Waals surface area contributed by atoms with E-state index in [1.54, 1.807) is 31.4 Å². The third-order valence-corrected chi connectivity index (χ3v) is 5.48. The summed E-state index contributed by atoms with van der Waals surface area (Å²) in [5, 5.41) is 11.0. The monoisotopic (exact) mass is 399 g/mol. The Kier molecular flexibility index (Phi) is 6.76. The summed E-state index contributed by atoms with van der Waals surface area (Å²) >= 11 is 5.89. The number of benzene rings is 2. The fourth-order valence-corrected chi connectivity index (χ4v) is 3.55. The van der Waals surface area contributed by atoms with Crippen LogP contribution >= 0.6 is 11.6 Å². The van der Waals surface area contributed by atoms with Gasteiger partial charge in [-0.05, 0) is 61.7 Å². The normalized spacial score (nSPS) is 15.8. The van der Waals surface area contributed by atoms with Crippen LogP contribution in [0.15, 0.2) is 42.5 Å². The Morgan fingerprint density at radius 1 is 1.25 bits per heavy atom. The summed E-state index contributed by atoms with van der Waals surface area (Å²) < 4.78 is 5.44. The molecular weight excluding hydrogens is 374 g/mol. The lowest BCUT2D eigenvalue weighted by atomic mass is 9.98. The lowest BCUT2D eigenvalue weighted by Crippen LogP contribution is -2.32. The van der Waals surface area contributed by atoms with Gasteiger partial charge in [0.25, 0.3) is 0 Å². The minimum absolute atomic E-state index is 0.0707. The molecule has 0 saturated carbocycles. The van der Waals surface area contributed by atoms with Gasteiger partial charge in [-0.25, -0.2) is 0 Å². The topological polar surface area (TPSA) is 49.8 Å². The number of ketones is 1. The Balaban J connectivity index is 1.80. The van der Waals surface area contributed by atoms with Crippen LogP contribution in [0.5, 0.6) is 11.5 Å². The van der Waals surface area contributed by atoms with Gasteiger partial charge in [0, 0.05) is 23.2 Å². The molecule has 0 spiro atoms. The van der Waals surface area contributed by atoms with Crippen molar-refractivity contribution in [3.63, 3.8) is 0 Å². The van der Waals surface area contributed by atoms with Crippen molar-refractivity contribution in [2.75, 3.05) is 20.2 Å². The van der Waals surface area contributed by atoms with Gasteiger partial charge in [-0.15, -0.1) is 0 Å². The third-order valence-electron chi connectivity index (χ3n) is 5.23. The van der Waals surface area contributed by atoms with Gasteiger partial charge in [0.1, 0.15) is 11.5 Å². The summed E-state index contributed by atoms with van der Waals surface area (Å²) in [5.74, 6) is 1.05. The molecule has 1 saturated heterocycles. The molecule has 5 heteroatoms. The van der Waals surface area contributed by atoms with Crippen LogP contribution in [0.1, 0.15) is 41.3 Å². The highest BCUT2D eigenvalue weighted by atomic mass is 35.5. The number of aromatic hydroxyl groups is 1. The van der Waals surface area contributed by atoms with E-state index in [-0.39, 0.29) is 17.1 Å². The number of hydrogen-bond donors (Lipinski definition) is 1. The number of halogens is 1. The summed E-state index contributed by atoms with van der Waals surface area (Å²) in [6.45, 7) is 5.05. The van der Waals surface area contributed by atoms with E-state index in [4.69, 9.17) is 16.3 Å². The minimum Gasteiger partial charge on any atom is -0.507 e. The highest BCUT2D eigenvalue weighted by Gasteiger charge is 2.19. The van der Waals surface area contributed by atoms with Crippen LogP contribution in [0.2, 0.25) is 5.02 Å². The molecule has 0 unspecified atom stereocenters. The third kappa shape index (κ3) is 5.15. The second kappa shape index (κ2) is 9.26. The smallest absolute Gasteiger partial charge is 0.189 e. The van der Waals surface area contributed by atoms with Crippen molar-refractivity contribution in [1.82, 2.24) is 4.90 Å². The highest BCUT2D eigenvalue weighted by Crippen LogP contribution is 2.31.